The largest absolute Gasteiger partial charge is 0.486 e. The lowest BCUT2D eigenvalue weighted by atomic mass is 10.2. The van der Waals surface area contributed by atoms with Crippen LogP contribution in [0, 0.1) is 0 Å². The Labute approximate surface area is 110 Å². The van der Waals surface area contributed by atoms with Crippen molar-refractivity contribution in [2.75, 3.05) is 13.2 Å². The molecule has 1 heterocycles. The number of nitrogens with zero attached hydrogens (tertiary/aromatic N) is 1. The minimum atomic E-state index is -1.24. The second-order valence-electron chi connectivity index (χ2n) is 5.00. The molecule has 0 N–H and O–H groups in total. The Kier molecular flexibility index (Phi) is 3.71. The van der Waals surface area contributed by atoms with Gasteiger partial charge in [0.2, 0.25) is 0 Å². The van der Waals surface area contributed by atoms with Crippen LogP contribution in [0.3, 0.4) is 0 Å². The molecule has 0 aromatic heterocycles. The molecule has 0 bridgehead atoms. The van der Waals surface area contributed by atoms with E-state index in [0.717, 1.165) is 11.3 Å². The lowest BCUT2D eigenvalue weighted by molar-refractivity contribution is 0.171. The molecular weight excluding hydrogens is 250 g/mol. The Balaban J connectivity index is 2.15. The average molecular weight is 267 g/mol. The fraction of sp³-hybridized carbons (Fsp3) is 0.462. The SMILES string of the molecule is CC(C)(C)[S@](=O)N=Cc1ccc2c(c1)OCCO2. The third-order valence-corrected chi connectivity index (χ3v) is 3.73. The van der Waals surface area contributed by atoms with Gasteiger partial charge in [0.25, 0.3) is 0 Å². The number of hydrogen-bond acceptors (Lipinski definition) is 3. The summed E-state index contributed by atoms with van der Waals surface area (Å²) in [5, 5.41) is 0. The molecule has 0 unspecified atom stereocenters. The van der Waals surface area contributed by atoms with Gasteiger partial charge >= 0.3 is 0 Å². The third kappa shape index (κ3) is 3.10. The van der Waals surface area contributed by atoms with E-state index in [4.69, 9.17) is 9.47 Å². The highest BCUT2D eigenvalue weighted by Crippen LogP contribution is 2.30. The zero-order valence-corrected chi connectivity index (χ0v) is 11.6. The summed E-state index contributed by atoms with van der Waals surface area (Å²) in [6.45, 7) is 6.81. The van der Waals surface area contributed by atoms with Crippen molar-refractivity contribution in [3.63, 3.8) is 0 Å². The zero-order valence-electron chi connectivity index (χ0n) is 10.8. The third-order valence-electron chi connectivity index (χ3n) is 2.39. The van der Waals surface area contributed by atoms with Crippen molar-refractivity contribution in [1.29, 1.82) is 0 Å². The van der Waals surface area contributed by atoms with Gasteiger partial charge in [-0.2, -0.15) is 4.40 Å². The molecule has 0 saturated heterocycles. The fourth-order valence-electron chi connectivity index (χ4n) is 1.41. The van der Waals surface area contributed by atoms with Gasteiger partial charge in [-0.25, -0.2) is 4.21 Å². The second kappa shape index (κ2) is 5.10. The normalized spacial score (nSPS) is 16.8. The molecule has 0 fully saturated rings. The Morgan fingerprint density at radius 3 is 2.56 bits per heavy atom. The first kappa shape index (κ1) is 13.1. The first-order chi connectivity index (χ1) is 8.47. The Hall–Kier alpha value is -1.36. The predicted octanol–water partition coefficient (Wildman–Crippen LogP) is 2.34. The molecule has 0 spiro atoms. The molecule has 1 aromatic carbocycles. The van der Waals surface area contributed by atoms with Crippen LogP contribution in [0.25, 0.3) is 0 Å². The van der Waals surface area contributed by atoms with E-state index in [9.17, 15) is 4.21 Å². The van der Waals surface area contributed by atoms with E-state index in [1.54, 1.807) is 6.21 Å². The van der Waals surface area contributed by atoms with Crippen LogP contribution < -0.4 is 9.47 Å². The maximum Gasteiger partial charge on any atom is 0.162 e. The van der Waals surface area contributed by atoms with Crippen molar-refractivity contribution in [1.82, 2.24) is 0 Å². The van der Waals surface area contributed by atoms with Crippen LogP contribution in [-0.2, 0) is 11.0 Å². The van der Waals surface area contributed by atoms with Gasteiger partial charge in [0.1, 0.15) is 24.2 Å². The molecule has 0 saturated carbocycles. The van der Waals surface area contributed by atoms with Gasteiger partial charge in [-0.05, 0) is 44.5 Å². The molecule has 2 rings (SSSR count). The Bertz CT molecular complexity index is 491. The van der Waals surface area contributed by atoms with E-state index in [2.05, 4.69) is 4.40 Å². The van der Waals surface area contributed by atoms with Crippen molar-refractivity contribution in [3.05, 3.63) is 23.8 Å². The summed E-state index contributed by atoms with van der Waals surface area (Å²) in [4.78, 5) is 0. The van der Waals surface area contributed by atoms with E-state index in [0.29, 0.717) is 19.0 Å². The summed E-state index contributed by atoms with van der Waals surface area (Å²) in [5.74, 6) is 1.46. The summed E-state index contributed by atoms with van der Waals surface area (Å²) >= 11 is 0. The predicted molar refractivity (Wildman–Crippen MR) is 72.9 cm³/mol. The van der Waals surface area contributed by atoms with Gasteiger partial charge in [0, 0.05) is 6.21 Å². The molecule has 4 nitrogen and oxygen atoms in total. The van der Waals surface area contributed by atoms with Crippen LogP contribution in [0.1, 0.15) is 26.3 Å². The van der Waals surface area contributed by atoms with Crippen LogP contribution in [0.4, 0.5) is 0 Å². The standard InChI is InChI=1S/C13H17NO3S/c1-13(2,3)18(15)14-9-10-4-5-11-12(8-10)17-7-6-16-11/h4-5,8-9H,6-7H2,1-3H3/t18-/m0/s1. The Morgan fingerprint density at radius 1 is 1.22 bits per heavy atom. The van der Waals surface area contributed by atoms with Gasteiger partial charge in [-0.1, -0.05) is 0 Å². The fourth-order valence-corrected chi connectivity index (χ4v) is 1.94. The van der Waals surface area contributed by atoms with Gasteiger partial charge in [0.05, 0.1) is 4.75 Å². The monoisotopic (exact) mass is 267 g/mol. The molecular formula is C13H17NO3S. The summed E-state index contributed by atoms with van der Waals surface area (Å²) in [6.07, 6.45) is 1.61. The first-order valence-corrected chi connectivity index (χ1v) is 6.93. The minimum Gasteiger partial charge on any atom is -0.486 e. The highest BCUT2D eigenvalue weighted by atomic mass is 32.2. The van der Waals surface area contributed by atoms with E-state index in [-0.39, 0.29) is 4.75 Å². The molecule has 0 aliphatic carbocycles. The summed E-state index contributed by atoms with van der Waals surface area (Å²) in [6, 6.07) is 5.56. The number of ether oxygens (including phenoxy) is 2. The van der Waals surface area contributed by atoms with Crippen molar-refractivity contribution in [3.8, 4) is 11.5 Å². The number of benzene rings is 1. The van der Waals surface area contributed by atoms with Crippen molar-refractivity contribution in [2.24, 2.45) is 4.40 Å². The van der Waals surface area contributed by atoms with Crippen molar-refractivity contribution >= 4 is 17.2 Å². The molecule has 0 amide bonds. The van der Waals surface area contributed by atoms with Crippen molar-refractivity contribution in [2.45, 2.75) is 25.5 Å². The van der Waals surface area contributed by atoms with Crippen LogP contribution in [0.2, 0.25) is 0 Å². The van der Waals surface area contributed by atoms with Gasteiger partial charge in [0.15, 0.2) is 11.5 Å². The Morgan fingerprint density at radius 2 is 1.89 bits per heavy atom. The zero-order chi connectivity index (χ0) is 13.2. The number of hydrogen-bond donors (Lipinski definition) is 0. The summed E-state index contributed by atoms with van der Waals surface area (Å²) < 4.78 is 26.4. The summed E-state index contributed by atoms with van der Waals surface area (Å²) in [5.41, 5.74) is 0.858. The molecule has 98 valence electrons. The highest BCUT2D eigenvalue weighted by molar-refractivity contribution is 7.85. The van der Waals surface area contributed by atoms with Gasteiger partial charge in [-0.15, -0.1) is 0 Å². The maximum atomic E-state index is 11.8. The molecule has 1 aromatic rings. The topological polar surface area (TPSA) is 47.9 Å². The lowest BCUT2D eigenvalue weighted by Crippen LogP contribution is -2.19. The van der Waals surface area contributed by atoms with E-state index >= 15 is 0 Å². The molecule has 1 aliphatic rings. The van der Waals surface area contributed by atoms with Crippen LogP contribution in [0.15, 0.2) is 22.6 Å². The first-order valence-electron chi connectivity index (χ1n) is 5.82. The van der Waals surface area contributed by atoms with Gasteiger partial charge < -0.3 is 9.47 Å². The smallest absolute Gasteiger partial charge is 0.162 e. The van der Waals surface area contributed by atoms with Crippen LogP contribution in [0.5, 0.6) is 11.5 Å². The van der Waals surface area contributed by atoms with E-state index < -0.39 is 11.0 Å². The molecule has 1 aliphatic heterocycles. The molecule has 18 heavy (non-hydrogen) atoms. The summed E-state index contributed by atoms with van der Waals surface area (Å²) in [7, 11) is -1.24. The minimum absolute atomic E-state index is 0.343. The van der Waals surface area contributed by atoms with E-state index in [1.165, 1.54) is 0 Å². The number of rotatable bonds is 2. The van der Waals surface area contributed by atoms with Crippen LogP contribution in [-0.4, -0.2) is 28.4 Å². The maximum absolute atomic E-state index is 11.8. The average Bonchev–Trinajstić information content (AvgIpc) is 2.34. The molecule has 0 radical (unpaired) electrons. The number of fused-ring (bicyclic) bond motifs is 1. The van der Waals surface area contributed by atoms with Crippen LogP contribution >= 0.6 is 0 Å². The van der Waals surface area contributed by atoms with Gasteiger partial charge in [-0.3, -0.25) is 0 Å². The molecule has 1 atom stereocenters. The second-order valence-corrected chi connectivity index (χ2v) is 6.93. The molecule has 5 heteroatoms. The quantitative estimate of drug-likeness (QED) is 0.773. The van der Waals surface area contributed by atoms with E-state index in [1.807, 2.05) is 39.0 Å². The highest BCUT2D eigenvalue weighted by Gasteiger charge is 2.18. The lowest BCUT2D eigenvalue weighted by Gasteiger charge is -2.18. The van der Waals surface area contributed by atoms with Crippen molar-refractivity contribution < 1.29 is 13.7 Å².